The number of nitrogens with one attached hydrogen (secondary N) is 3. The normalized spacial score (nSPS) is 13.7. The summed E-state index contributed by atoms with van der Waals surface area (Å²) in [7, 11) is 1.60. The highest BCUT2D eigenvalue weighted by molar-refractivity contribution is 5.92. The molecule has 1 fully saturated rings. The van der Waals surface area contributed by atoms with Crippen LogP contribution >= 0.6 is 0 Å². The average molecular weight is 441 g/mol. The van der Waals surface area contributed by atoms with E-state index in [4.69, 9.17) is 9.90 Å². The van der Waals surface area contributed by atoms with Crippen molar-refractivity contribution in [2.45, 2.75) is 32.9 Å². The summed E-state index contributed by atoms with van der Waals surface area (Å²) >= 11 is 0. The topological polar surface area (TPSA) is 145 Å². The number of carbonyl (C=O) groups is 2. The fraction of sp³-hybridized carbons (Fsp3) is 0.381. The Morgan fingerprint density at radius 1 is 1.38 bits per heavy atom. The van der Waals surface area contributed by atoms with Crippen molar-refractivity contribution in [3.8, 4) is 0 Å². The highest BCUT2D eigenvalue weighted by Crippen LogP contribution is 2.20. The lowest BCUT2D eigenvalue weighted by atomic mass is 10.1. The van der Waals surface area contributed by atoms with Gasteiger partial charge in [-0.05, 0) is 25.5 Å². The molecule has 0 radical (unpaired) electrons. The minimum Gasteiger partial charge on any atom is -0.483 e. The Labute approximate surface area is 184 Å². The third kappa shape index (κ3) is 5.11. The summed E-state index contributed by atoms with van der Waals surface area (Å²) in [5.41, 5.74) is 4.50. The lowest BCUT2D eigenvalue weighted by Crippen LogP contribution is -2.54. The molecule has 11 heteroatoms. The average Bonchev–Trinajstić information content (AvgIpc) is 3.13. The second kappa shape index (κ2) is 10.1. The SMILES string of the molecule is CCc1cn2nc(CN3CC(Nc4ccc(C(=O)NC)nc4C)C3)cc2[nH]c1=O.O=CO. The Kier molecular flexibility index (Phi) is 7.21. The van der Waals surface area contributed by atoms with Crippen LogP contribution < -0.4 is 16.2 Å². The van der Waals surface area contributed by atoms with E-state index in [0.717, 1.165) is 47.9 Å². The maximum Gasteiger partial charge on any atom is 0.290 e. The summed E-state index contributed by atoms with van der Waals surface area (Å²) in [6.07, 6.45) is 2.48. The van der Waals surface area contributed by atoms with Crippen molar-refractivity contribution in [3.05, 3.63) is 57.4 Å². The van der Waals surface area contributed by atoms with E-state index in [9.17, 15) is 9.59 Å². The van der Waals surface area contributed by atoms with E-state index in [0.29, 0.717) is 18.2 Å². The molecule has 1 aliphatic rings. The first kappa shape index (κ1) is 22.9. The third-order valence-electron chi connectivity index (χ3n) is 5.23. The van der Waals surface area contributed by atoms with Crippen LogP contribution in [0.25, 0.3) is 5.65 Å². The minimum absolute atomic E-state index is 0.0499. The van der Waals surface area contributed by atoms with Crippen LogP contribution in [0.1, 0.15) is 34.4 Å². The summed E-state index contributed by atoms with van der Waals surface area (Å²) in [5, 5.41) is 17.5. The highest BCUT2D eigenvalue weighted by Gasteiger charge is 2.27. The molecule has 4 rings (SSSR count). The summed E-state index contributed by atoms with van der Waals surface area (Å²) in [6.45, 7) is 6.11. The molecule has 0 bridgehead atoms. The van der Waals surface area contributed by atoms with Crippen molar-refractivity contribution in [1.29, 1.82) is 0 Å². The quantitative estimate of drug-likeness (QED) is 0.408. The number of nitrogens with zero attached hydrogens (tertiary/aromatic N) is 4. The number of amides is 1. The number of pyridine rings is 1. The Morgan fingerprint density at radius 2 is 2.09 bits per heavy atom. The number of carboxylic acid groups (broad SMARTS) is 1. The molecule has 1 aliphatic heterocycles. The predicted molar refractivity (Wildman–Crippen MR) is 119 cm³/mol. The van der Waals surface area contributed by atoms with Gasteiger partial charge in [-0.1, -0.05) is 6.92 Å². The summed E-state index contributed by atoms with van der Waals surface area (Å²) in [4.78, 5) is 41.5. The van der Waals surface area contributed by atoms with Gasteiger partial charge in [0.25, 0.3) is 17.9 Å². The number of hydrogen-bond acceptors (Lipinski definition) is 7. The van der Waals surface area contributed by atoms with Crippen LogP contribution in [0.3, 0.4) is 0 Å². The monoisotopic (exact) mass is 441 g/mol. The van der Waals surface area contributed by atoms with E-state index in [-0.39, 0.29) is 17.9 Å². The number of aromatic amines is 1. The molecule has 0 aromatic carbocycles. The molecule has 3 aromatic rings. The number of anilines is 1. The van der Waals surface area contributed by atoms with Gasteiger partial charge in [-0.3, -0.25) is 19.3 Å². The number of carbonyl (C=O) groups excluding carboxylic acids is 1. The maximum absolute atomic E-state index is 11.9. The van der Waals surface area contributed by atoms with Gasteiger partial charge >= 0.3 is 0 Å². The second-order valence-corrected chi connectivity index (χ2v) is 7.48. The molecule has 1 saturated heterocycles. The van der Waals surface area contributed by atoms with Crippen molar-refractivity contribution in [3.63, 3.8) is 0 Å². The van der Waals surface area contributed by atoms with Crippen LogP contribution in [-0.2, 0) is 17.8 Å². The zero-order valence-electron chi connectivity index (χ0n) is 18.3. The number of aryl methyl sites for hydroxylation is 2. The molecule has 4 heterocycles. The number of H-pyrrole nitrogens is 1. The molecule has 0 saturated carbocycles. The van der Waals surface area contributed by atoms with Gasteiger partial charge in [-0.15, -0.1) is 0 Å². The molecule has 170 valence electrons. The van der Waals surface area contributed by atoms with Crippen LogP contribution in [-0.4, -0.2) is 68.1 Å². The molecule has 0 spiro atoms. The molecule has 1 amide bonds. The van der Waals surface area contributed by atoms with Crippen LogP contribution in [0.15, 0.2) is 29.2 Å². The molecule has 4 N–H and O–H groups in total. The van der Waals surface area contributed by atoms with E-state index < -0.39 is 0 Å². The van der Waals surface area contributed by atoms with E-state index in [2.05, 4.69) is 30.6 Å². The molecule has 0 aliphatic carbocycles. The predicted octanol–water partition coefficient (Wildman–Crippen LogP) is 0.645. The Balaban J connectivity index is 0.000000913. The van der Waals surface area contributed by atoms with Crippen molar-refractivity contribution in [2.24, 2.45) is 0 Å². The van der Waals surface area contributed by atoms with Crippen LogP contribution in [0.5, 0.6) is 0 Å². The van der Waals surface area contributed by atoms with Crippen molar-refractivity contribution >= 4 is 23.7 Å². The molecule has 0 unspecified atom stereocenters. The van der Waals surface area contributed by atoms with Crippen molar-refractivity contribution in [1.82, 2.24) is 29.8 Å². The van der Waals surface area contributed by atoms with E-state index >= 15 is 0 Å². The van der Waals surface area contributed by atoms with Crippen molar-refractivity contribution < 1.29 is 14.7 Å². The van der Waals surface area contributed by atoms with E-state index in [1.54, 1.807) is 23.8 Å². The first-order valence-electron chi connectivity index (χ1n) is 10.2. The van der Waals surface area contributed by atoms with Gasteiger partial charge in [0.2, 0.25) is 0 Å². The van der Waals surface area contributed by atoms with Gasteiger partial charge < -0.3 is 20.7 Å². The van der Waals surface area contributed by atoms with Crippen LogP contribution in [0.4, 0.5) is 5.69 Å². The minimum atomic E-state index is -0.250. The summed E-state index contributed by atoms with van der Waals surface area (Å²) < 4.78 is 1.74. The lowest BCUT2D eigenvalue weighted by Gasteiger charge is -2.39. The standard InChI is InChI=1S/C20H25N7O2.CH2O2/c1-4-13-8-27-18(24-19(13)28)7-14(25-27)9-26-10-15(11-26)23-16-5-6-17(20(29)21-3)22-12(16)2;2-1-3/h5-8,15,23H,4,9-11H2,1-3H3,(H,21,29)(H,24,28);1H,(H,2,3). The summed E-state index contributed by atoms with van der Waals surface area (Å²) in [6, 6.07) is 5.88. The van der Waals surface area contributed by atoms with Crippen molar-refractivity contribution in [2.75, 3.05) is 25.5 Å². The highest BCUT2D eigenvalue weighted by atomic mass is 16.3. The first-order chi connectivity index (χ1) is 15.4. The second-order valence-electron chi connectivity index (χ2n) is 7.48. The molecule has 32 heavy (non-hydrogen) atoms. The number of hydrogen-bond donors (Lipinski definition) is 4. The van der Waals surface area contributed by atoms with E-state index in [1.807, 2.05) is 26.0 Å². The number of fused-ring (bicyclic) bond motifs is 1. The Hall–Kier alpha value is -3.73. The molecular weight excluding hydrogens is 414 g/mol. The fourth-order valence-corrected chi connectivity index (χ4v) is 3.58. The van der Waals surface area contributed by atoms with Gasteiger partial charge in [-0.25, -0.2) is 9.50 Å². The van der Waals surface area contributed by atoms with E-state index in [1.165, 1.54) is 0 Å². The number of likely N-dealkylation sites (tertiary alicyclic amines) is 1. The van der Waals surface area contributed by atoms with Gasteiger partial charge in [0.1, 0.15) is 11.3 Å². The maximum atomic E-state index is 11.9. The third-order valence-corrected chi connectivity index (χ3v) is 5.23. The zero-order chi connectivity index (χ0) is 23.3. The molecular formula is C21H27N7O4. The van der Waals surface area contributed by atoms with Gasteiger partial charge in [-0.2, -0.15) is 5.10 Å². The van der Waals surface area contributed by atoms with Gasteiger partial charge in [0.05, 0.1) is 23.1 Å². The smallest absolute Gasteiger partial charge is 0.290 e. The first-order valence-corrected chi connectivity index (χ1v) is 10.2. The number of aromatic nitrogens is 4. The lowest BCUT2D eigenvalue weighted by molar-refractivity contribution is -0.122. The van der Waals surface area contributed by atoms with Gasteiger partial charge in [0, 0.05) is 44.5 Å². The molecule has 0 atom stereocenters. The summed E-state index contributed by atoms with van der Waals surface area (Å²) in [5.74, 6) is -0.186. The van der Waals surface area contributed by atoms with Gasteiger partial charge in [0.15, 0.2) is 0 Å². The fourth-order valence-electron chi connectivity index (χ4n) is 3.58. The van der Waals surface area contributed by atoms with Crippen LogP contribution in [0.2, 0.25) is 0 Å². The Bertz CT molecular complexity index is 1160. The largest absolute Gasteiger partial charge is 0.483 e. The number of rotatable bonds is 6. The van der Waals surface area contributed by atoms with Crippen LogP contribution in [0, 0.1) is 6.92 Å². The Morgan fingerprint density at radius 3 is 2.72 bits per heavy atom. The molecule has 3 aromatic heterocycles. The molecule has 11 nitrogen and oxygen atoms in total. The zero-order valence-corrected chi connectivity index (χ0v) is 18.3.